The van der Waals surface area contributed by atoms with Gasteiger partial charge in [-0.15, -0.1) is 0 Å². The number of imidazole rings is 1. The van der Waals surface area contributed by atoms with Gasteiger partial charge in [0.25, 0.3) is 5.92 Å². The van der Waals surface area contributed by atoms with Gasteiger partial charge in [0.05, 0.1) is 12.2 Å². The van der Waals surface area contributed by atoms with Crippen molar-refractivity contribution in [1.29, 1.82) is 0 Å². The zero-order valence-corrected chi connectivity index (χ0v) is 19.3. The van der Waals surface area contributed by atoms with Crippen LogP contribution in [0.2, 0.25) is 0 Å². The molecule has 0 aromatic carbocycles. The first-order valence-electron chi connectivity index (χ1n) is 12.2. The van der Waals surface area contributed by atoms with Gasteiger partial charge in [-0.3, -0.25) is 14.8 Å². The van der Waals surface area contributed by atoms with Crippen LogP contribution in [0.15, 0.2) is 22.1 Å². The fourth-order valence-electron chi connectivity index (χ4n) is 4.66. The zero-order chi connectivity index (χ0) is 25.0. The third-order valence-electron chi connectivity index (χ3n) is 6.95. The fraction of sp³-hybridized carbons (Fsp3) is 0.522. The van der Waals surface area contributed by atoms with Crippen molar-refractivity contribution in [3.63, 3.8) is 0 Å². The number of halogens is 2. The number of carbonyl (C=O) groups is 1. The van der Waals surface area contributed by atoms with Crippen molar-refractivity contribution in [2.45, 2.75) is 69.0 Å². The molecule has 11 nitrogen and oxygen atoms in total. The van der Waals surface area contributed by atoms with E-state index in [9.17, 15) is 23.5 Å². The monoisotopic (exact) mass is 500 g/mol. The van der Waals surface area contributed by atoms with Crippen LogP contribution in [0.3, 0.4) is 0 Å². The van der Waals surface area contributed by atoms with Gasteiger partial charge in [0.1, 0.15) is 17.4 Å². The smallest absolute Gasteiger partial charge is 0.326 e. The Hall–Kier alpha value is -3.77. The SMILES string of the molecule is O=C(NC1CCC(Nc2cc(=NC3CC3)n3ncc(=Cc4[nH]c(=O)[nH]c4O)c3n2)CC1)C1CC1(F)F. The number of nitrogens with one attached hydrogen (secondary N) is 4. The third-order valence-corrected chi connectivity index (χ3v) is 6.95. The number of hydrogen-bond acceptors (Lipinski definition) is 7. The standard InChI is InChI=1S/C23H26F2N8O3/c24-23(25)9-15(23)20(34)29-14-5-1-12(2-6-14)27-17-8-18(28-13-3-4-13)33-19(31-17)11(10-26-33)7-16-21(35)32-22(36)30-16/h7-8,10,12-15,27,35H,1-6,9H2,(H,29,34)(H2,30,32,36). The molecule has 190 valence electrons. The van der Waals surface area contributed by atoms with Gasteiger partial charge < -0.3 is 20.7 Å². The summed E-state index contributed by atoms with van der Waals surface area (Å²) in [5.41, 5.74) is 0.877. The minimum atomic E-state index is -2.85. The van der Waals surface area contributed by atoms with Gasteiger partial charge in [-0.1, -0.05) is 0 Å². The lowest BCUT2D eigenvalue weighted by atomic mass is 9.91. The quantitative estimate of drug-likeness (QED) is 0.333. The van der Waals surface area contributed by atoms with E-state index >= 15 is 0 Å². The summed E-state index contributed by atoms with van der Waals surface area (Å²) in [6.45, 7) is 0. The van der Waals surface area contributed by atoms with Crippen LogP contribution in [0.25, 0.3) is 11.7 Å². The molecule has 0 aliphatic heterocycles. The molecule has 0 saturated heterocycles. The molecule has 36 heavy (non-hydrogen) atoms. The van der Waals surface area contributed by atoms with Crippen LogP contribution in [0, 0.1) is 5.92 Å². The summed E-state index contributed by atoms with van der Waals surface area (Å²) in [4.78, 5) is 37.8. The maximum atomic E-state index is 13.2. The average molecular weight is 501 g/mol. The van der Waals surface area contributed by atoms with E-state index in [1.165, 1.54) is 0 Å². The topological polar surface area (TPSA) is 153 Å². The summed E-state index contributed by atoms with van der Waals surface area (Å²) in [5, 5.41) is 21.2. The molecule has 0 spiro atoms. The van der Waals surface area contributed by atoms with E-state index in [1.807, 2.05) is 6.07 Å². The predicted molar refractivity (Wildman–Crippen MR) is 124 cm³/mol. The molecule has 0 bridgehead atoms. The van der Waals surface area contributed by atoms with Gasteiger partial charge in [-0.25, -0.2) is 18.6 Å². The van der Waals surface area contributed by atoms with Crippen molar-refractivity contribution in [2.75, 3.05) is 5.32 Å². The highest BCUT2D eigenvalue weighted by molar-refractivity contribution is 5.83. The molecule has 3 aliphatic carbocycles. The van der Waals surface area contributed by atoms with Crippen molar-refractivity contribution < 1.29 is 18.7 Å². The third kappa shape index (κ3) is 4.56. The Morgan fingerprint density at radius 1 is 1.19 bits per heavy atom. The number of H-pyrrole nitrogens is 2. The molecule has 0 radical (unpaired) electrons. The number of fused-ring (bicyclic) bond motifs is 1. The first kappa shape index (κ1) is 22.7. The number of alkyl halides is 2. The number of nitrogens with zero attached hydrogens (tertiary/aromatic N) is 4. The Morgan fingerprint density at radius 2 is 1.92 bits per heavy atom. The predicted octanol–water partition coefficient (Wildman–Crippen LogP) is 0.557. The van der Waals surface area contributed by atoms with E-state index in [4.69, 9.17) is 9.98 Å². The van der Waals surface area contributed by atoms with E-state index in [0.29, 0.717) is 35.0 Å². The van der Waals surface area contributed by atoms with E-state index in [0.717, 1.165) is 25.7 Å². The lowest BCUT2D eigenvalue weighted by molar-refractivity contribution is -0.125. The molecule has 5 N–H and O–H groups in total. The van der Waals surface area contributed by atoms with Gasteiger partial charge in [-0.05, 0) is 44.6 Å². The second kappa shape index (κ2) is 8.42. The first-order chi connectivity index (χ1) is 17.2. The molecule has 1 amide bonds. The Kier molecular flexibility index (Phi) is 5.30. The maximum absolute atomic E-state index is 13.2. The number of hydrogen-bond donors (Lipinski definition) is 5. The molecule has 3 heterocycles. The molecule has 3 fully saturated rings. The lowest BCUT2D eigenvalue weighted by Gasteiger charge is -2.30. The molecule has 1 unspecified atom stereocenters. The molecule has 3 saturated carbocycles. The highest BCUT2D eigenvalue weighted by Crippen LogP contribution is 2.48. The average Bonchev–Trinajstić information content (AvgIpc) is 3.68. The van der Waals surface area contributed by atoms with E-state index in [1.54, 1.807) is 16.8 Å². The zero-order valence-electron chi connectivity index (χ0n) is 19.3. The highest BCUT2D eigenvalue weighted by Gasteiger charge is 2.61. The summed E-state index contributed by atoms with van der Waals surface area (Å²) >= 11 is 0. The second-order valence-electron chi connectivity index (χ2n) is 9.90. The van der Waals surface area contributed by atoms with Gasteiger partial charge in [0, 0.05) is 29.8 Å². The summed E-state index contributed by atoms with van der Waals surface area (Å²) in [7, 11) is 0. The summed E-state index contributed by atoms with van der Waals surface area (Å²) < 4.78 is 27.9. The van der Waals surface area contributed by atoms with Gasteiger partial charge in [0.15, 0.2) is 11.1 Å². The van der Waals surface area contributed by atoms with Gasteiger partial charge in [-0.2, -0.15) is 9.61 Å². The minimum Gasteiger partial charge on any atom is -0.493 e. The van der Waals surface area contributed by atoms with Crippen LogP contribution in [-0.4, -0.2) is 59.6 Å². The Balaban J connectivity index is 1.22. The Labute approximate surface area is 202 Å². The number of carbonyl (C=O) groups excluding carboxylic acids is 1. The number of aromatic nitrogens is 5. The maximum Gasteiger partial charge on any atom is 0.326 e. The highest BCUT2D eigenvalue weighted by atomic mass is 19.3. The van der Waals surface area contributed by atoms with Crippen molar-refractivity contribution in [3.8, 4) is 5.88 Å². The van der Waals surface area contributed by atoms with Crippen LogP contribution in [-0.2, 0) is 4.79 Å². The van der Waals surface area contributed by atoms with E-state index in [2.05, 4.69) is 25.7 Å². The second-order valence-corrected chi connectivity index (χ2v) is 9.90. The fourth-order valence-corrected chi connectivity index (χ4v) is 4.66. The van der Waals surface area contributed by atoms with E-state index in [-0.39, 0.29) is 36.1 Å². The normalized spacial score (nSPS) is 26.3. The first-order valence-corrected chi connectivity index (χ1v) is 12.2. The number of amides is 1. The molecule has 3 aromatic rings. The Morgan fingerprint density at radius 3 is 2.56 bits per heavy atom. The molecule has 13 heteroatoms. The minimum absolute atomic E-state index is 0.102. The van der Waals surface area contributed by atoms with Crippen LogP contribution >= 0.6 is 0 Å². The summed E-state index contributed by atoms with van der Waals surface area (Å²) in [6.07, 6.45) is 7.76. The molecule has 3 aliphatic rings. The van der Waals surface area contributed by atoms with Crippen LogP contribution in [0.4, 0.5) is 14.6 Å². The van der Waals surface area contributed by atoms with Crippen LogP contribution < -0.4 is 27.0 Å². The summed E-state index contributed by atoms with van der Waals surface area (Å²) in [5.74, 6) is -4.23. The summed E-state index contributed by atoms with van der Waals surface area (Å²) in [6, 6.07) is 2.10. The van der Waals surface area contributed by atoms with Crippen LogP contribution in [0.5, 0.6) is 5.88 Å². The van der Waals surface area contributed by atoms with Gasteiger partial charge >= 0.3 is 5.69 Å². The molecular weight excluding hydrogens is 474 g/mol. The van der Waals surface area contributed by atoms with E-state index < -0.39 is 23.4 Å². The van der Waals surface area contributed by atoms with Gasteiger partial charge in [0.2, 0.25) is 11.8 Å². The molecule has 3 aromatic heterocycles. The number of aromatic hydroxyl groups is 1. The van der Waals surface area contributed by atoms with Crippen molar-refractivity contribution in [1.82, 2.24) is 29.9 Å². The van der Waals surface area contributed by atoms with Crippen molar-refractivity contribution >= 4 is 23.4 Å². The Bertz CT molecular complexity index is 1500. The largest absolute Gasteiger partial charge is 0.493 e. The number of aromatic amines is 2. The van der Waals surface area contributed by atoms with Crippen LogP contribution in [0.1, 0.15) is 50.6 Å². The molecule has 1 atom stereocenters. The molecule has 6 rings (SSSR count). The number of rotatable bonds is 6. The lowest BCUT2D eigenvalue weighted by Crippen LogP contribution is -2.41. The molecular formula is C23H26F2N8O3. The van der Waals surface area contributed by atoms with Crippen molar-refractivity contribution in [3.05, 3.63) is 39.1 Å². The number of anilines is 1. The van der Waals surface area contributed by atoms with Crippen molar-refractivity contribution in [2.24, 2.45) is 10.9 Å².